The van der Waals surface area contributed by atoms with Gasteiger partial charge >= 0.3 is 0 Å². The molecule has 2 N–H and O–H groups in total. The van der Waals surface area contributed by atoms with Crippen molar-refractivity contribution in [2.45, 2.75) is 26.3 Å². The average Bonchev–Trinajstić information content (AvgIpc) is 2.74. The minimum absolute atomic E-state index is 0.0000137. The number of rotatable bonds is 10. The van der Waals surface area contributed by atoms with Crippen molar-refractivity contribution in [2.24, 2.45) is 4.99 Å². The highest BCUT2D eigenvalue weighted by Gasteiger charge is 2.06. The van der Waals surface area contributed by atoms with E-state index in [0.29, 0.717) is 19.0 Å². The van der Waals surface area contributed by atoms with Crippen LogP contribution in [-0.2, 0) is 17.8 Å². The van der Waals surface area contributed by atoms with Crippen LogP contribution in [0.25, 0.3) is 0 Å². The normalized spacial score (nSPS) is 11.1. The van der Waals surface area contributed by atoms with Gasteiger partial charge in [0.25, 0.3) is 0 Å². The Bertz CT molecular complexity index is 775. The van der Waals surface area contributed by atoms with Gasteiger partial charge in [0.05, 0.1) is 19.7 Å². The van der Waals surface area contributed by atoms with Gasteiger partial charge in [-0.05, 0) is 36.1 Å². The van der Waals surface area contributed by atoms with Crippen LogP contribution in [0, 0.1) is 0 Å². The van der Waals surface area contributed by atoms with Gasteiger partial charge in [-0.15, -0.1) is 0 Å². The van der Waals surface area contributed by atoms with Gasteiger partial charge < -0.3 is 20.3 Å². The summed E-state index contributed by atoms with van der Waals surface area (Å²) in [7, 11) is 3.48. The molecule has 0 heterocycles. The Kier molecular flexibility index (Phi) is 9.55. The second-order valence-corrected chi connectivity index (χ2v) is 6.96. The topological polar surface area (TPSA) is 66.0 Å². The van der Waals surface area contributed by atoms with Crippen molar-refractivity contribution in [2.75, 3.05) is 33.8 Å². The van der Waals surface area contributed by atoms with Crippen LogP contribution in [0.5, 0.6) is 5.75 Å². The maximum Gasteiger partial charge on any atom is 0.241 e. The number of nitrogens with one attached hydrogen (secondary N) is 2. The predicted molar refractivity (Wildman–Crippen MR) is 118 cm³/mol. The van der Waals surface area contributed by atoms with E-state index in [4.69, 9.17) is 4.74 Å². The fourth-order valence-electron chi connectivity index (χ4n) is 2.58. The number of aliphatic imine (C=N–C) groups is 1. The van der Waals surface area contributed by atoms with Crippen molar-refractivity contribution in [3.05, 3.63) is 65.7 Å². The Balaban J connectivity index is 1.93. The van der Waals surface area contributed by atoms with Crippen molar-refractivity contribution in [1.29, 1.82) is 0 Å². The number of guanidine groups is 1. The van der Waals surface area contributed by atoms with Crippen molar-refractivity contribution in [3.63, 3.8) is 0 Å². The van der Waals surface area contributed by atoms with Gasteiger partial charge in [-0.25, -0.2) is 4.99 Å². The minimum atomic E-state index is -0.0000137. The van der Waals surface area contributed by atoms with E-state index in [9.17, 15) is 4.79 Å². The summed E-state index contributed by atoms with van der Waals surface area (Å²) in [5.41, 5.74) is 2.31. The second kappa shape index (κ2) is 12.4. The Labute approximate surface area is 174 Å². The summed E-state index contributed by atoms with van der Waals surface area (Å²) in [4.78, 5) is 18.1. The van der Waals surface area contributed by atoms with Crippen LogP contribution in [0.1, 0.15) is 24.5 Å². The maximum absolute atomic E-state index is 11.9. The standard InChI is InChI=1S/C23H32N4O2/c1-4-15-29-21-12-8-11-19(16-21)13-14-24-23(26-18-22(28)27(2)3)25-17-20-9-6-5-7-10-20/h5-12,16H,4,13-15,17-18H2,1-3H3,(H2,24,25,26). The number of benzene rings is 2. The van der Waals surface area contributed by atoms with Crippen molar-refractivity contribution < 1.29 is 9.53 Å². The Hall–Kier alpha value is -3.02. The van der Waals surface area contributed by atoms with Gasteiger partial charge in [-0.2, -0.15) is 0 Å². The third kappa shape index (κ3) is 8.68. The molecule has 0 aliphatic rings. The van der Waals surface area contributed by atoms with Gasteiger partial charge in [0.2, 0.25) is 5.91 Å². The summed E-state index contributed by atoms with van der Waals surface area (Å²) in [5.74, 6) is 1.53. The molecule has 2 aromatic rings. The number of hydrogen-bond donors (Lipinski definition) is 2. The van der Waals surface area contributed by atoms with E-state index in [1.54, 1.807) is 19.0 Å². The molecule has 0 aliphatic carbocycles. The molecule has 0 radical (unpaired) electrons. The van der Waals surface area contributed by atoms with Crippen LogP contribution in [0.4, 0.5) is 0 Å². The van der Waals surface area contributed by atoms with E-state index >= 15 is 0 Å². The van der Waals surface area contributed by atoms with Crippen molar-refractivity contribution in [3.8, 4) is 5.75 Å². The van der Waals surface area contributed by atoms with E-state index in [1.165, 1.54) is 5.56 Å². The lowest BCUT2D eigenvalue weighted by molar-refractivity contribution is -0.127. The summed E-state index contributed by atoms with van der Waals surface area (Å²) in [6, 6.07) is 18.2. The van der Waals surface area contributed by atoms with Gasteiger partial charge in [0.15, 0.2) is 5.96 Å². The molecule has 2 aromatic carbocycles. The molecule has 0 unspecified atom stereocenters. The lowest BCUT2D eigenvalue weighted by Crippen LogP contribution is -2.43. The summed E-state index contributed by atoms with van der Waals surface area (Å²) in [5, 5.41) is 6.44. The molecule has 0 fully saturated rings. The molecule has 156 valence electrons. The first-order valence-corrected chi connectivity index (χ1v) is 10.1. The molecule has 6 heteroatoms. The highest BCUT2D eigenvalue weighted by Crippen LogP contribution is 2.13. The fourth-order valence-corrected chi connectivity index (χ4v) is 2.58. The fraction of sp³-hybridized carbons (Fsp3) is 0.391. The van der Waals surface area contributed by atoms with Gasteiger partial charge in [-0.3, -0.25) is 4.79 Å². The van der Waals surface area contributed by atoms with Crippen LogP contribution >= 0.6 is 0 Å². The number of hydrogen-bond acceptors (Lipinski definition) is 3. The van der Waals surface area contributed by atoms with E-state index in [-0.39, 0.29) is 12.5 Å². The van der Waals surface area contributed by atoms with E-state index < -0.39 is 0 Å². The minimum Gasteiger partial charge on any atom is -0.494 e. The molecular formula is C23H32N4O2. The van der Waals surface area contributed by atoms with Gasteiger partial charge in [0.1, 0.15) is 5.75 Å². The molecule has 1 amide bonds. The summed E-state index contributed by atoms with van der Waals surface area (Å²) < 4.78 is 5.70. The van der Waals surface area contributed by atoms with Crippen molar-refractivity contribution >= 4 is 11.9 Å². The van der Waals surface area contributed by atoms with E-state index in [2.05, 4.69) is 34.7 Å². The maximum atomic E-state index is 11.9. The highest BCUT2D eigenvalue weighted by molar-refractivity contribution is 5.86. The number of nitrogens with zero attached hydrogens (tertiary/aromatic N) is 2. The quantitative estimate of drug-likeness (QED) is 0.479. The smallest absolute Gasteiger partial charge is 0.241 e. The van der Waals surface area contributed by atoms with Crippen molar-refractivity contribution in [1.82, 2.24) is 15.5 Å². The van der Waals surface area contributed by atoms with Crippen LogP contribution in [0.2, 0.25) is 0 Å². The molecule has 0 saturated heterocycles. The van der Waals surface area contributed by atoms with E-state index in [0.717, 1.165) is 30.8 Å². The van der Waals surface area contributed by atoms with Crippen LogP contribution in [0.3, 0.4) is 0 Å². The number of amides is 1. The molecule has 6 nitrogen and oxygen atoms in total. The predicted octanol–water partition coefficient (Wildman–Crippen LogP) is 2.84. The lowest BCUT2D eigenvalue weighted by atomic mass is 10.1. The first-order chi connectivity index (χ1) is 14.1. The van der Waals surface area contributed by atoms with Gasteiger partial charge in [0, 0.05) is 20.6 Å². The first kappa shape index (κ1) is 22.3. The first-order valence-electron chi connectivity index (χ1n) is 10.1. The Morgan fingerprint density at radius 2 is 1.79 bits per heavy atom. The second-order valence-electron chi connectivity index (χ2n) is 6.96. The Morgan fingerprint density at radius 1 is 1.03 bits per heavy atom. The zero-order valence-corrected chi connectivity index (χ0v) is 17.6. The zero-order chi connectivity index (χ0) is 20.9. The SMILES string of the molecule is CCCOc1cccc(CCNC(=NCc2ccccc2)NCC(=O)N(C)C)c1. The third-order valence-electron chi connectivity index (χ3n) is 4.25. The molecule has 0 saturated carbocycles. The summed E-state index contributed by atoms with van der Waals surface area (Å²) >= 11 is 0. The zero-order valence-electron chi connectivity index (χ0n) is 17.6. The molecule has 0 bridgehead atoms. The molecule has 29 heavy (non-hydrogen) atoms. The molecule has 0 aromatic heterocycles. The van der Waals surface area contributed by atoms with Gasteiger partial charge in [-0.1, -0.05) is 49.4 Å². The number of carbonyl (C=O) groups excluding carboxylic acids is 1. The summed E-state index contributed by atoms with van der Waals surface area (Å²) in [6.07, 6.45) is 1.82. The molecule has 0 atom stereocenters. The number of carbonyl (C=O) groups is 1. The monoisotopic (exact) mass is 396 g/mol. The van der Waals surface area contributed by atoms with E-state index in [1.807, 2.05) is 42.5 Å². The third-order valence-corrected chi connectivity index (χ3v) is 4.25. The van der Waals surface area contributed by atoms with Crippen LogP contribution in [-0.4, -0.2) is 50.6 Å². The number of ether oxygens (including phenoxy) is 1. The molecule has 0 spiro atoms. The Morgan fingerprint density at radius 3 is 2.52 bits per heavy atom. The molecular weight excluding hydrogens is 364 g/mol. The lowest BCUT2D eigenvalue weighted by Gasteiger charge is -2.15. The largest absolute Gasteiger partial charge is 0.494 e. The number of likely N-dealkylation sites (N-methyl/N-ethyl adjacent to an activating group) is 1. The molecule has 2 rings (SSSR count). The van der Waals surface area contributed by atoms with Crippen LogP contribution < -0.4 is 15.4 Å². The average molecular weight is 397 g/mol. The summed E-state index contributed by atoms with van der Waals surface area (Å²) in [6.45, 7) is 4.27. The molecule has 0 aliphatic heterocycles. The van der Waals surface area contributed by atoms with Crippen LogP contribution in [0.15, 0.2) is 59.6 Å². The highest BCUT2D eigenvalue weighted by atomic mass is 16.5.